The van der Waals surface area contributed by atoms with Gasteiger partial charge in [0, 0.05) is 43.9 Å². The van der Waals surface area contributed by atoms with Crippen molar-refractivity contribution in [1.82, 2.24) is 23.9 Å². The molecule has 48 heavy (non-hydrogen) atoms. The van der Waals surface area contributed by atoms with Gasteiger partial charge in [-0.3, -0.25) is 4.57 Å². The Morgan fingerprint density at radius 3 is 2.21 bits per heavy atom. The zero-order chi connectivity index (χ0) is 31.5. The SMILES string of the molecule is [C-]#[N+]c1cccc(-c2nc(-n3c4ccccc4c4c5c6c7ccccc7ccc6n6c7ccccc7c(cc43)c56)nc3ncccc23)c1. The van der Waals surface area contributed by atoms with Crippen LogP contribution in [0.4, 0.5) is 5.69 Å². The molecule has 0 amide bonds. The molecule has 0 saturated carbocycles. The Morgan fingerprint density at radius 2 is 1.31 bits per heavy atom. The molecule has 6 aromatic carbocycles. The number of aromatic nitrogens is 5. The third kappa shape index (κ3) is 3.17. The van der Waals surface area contributed by atoms with E-state index in [0.717, 1.165) is 33.1 Å². The number of hydrogen-bond donors (Lipinski definition) is 0. The first-order chi connectivity index (χ1) is 23.8. The number of rotatable bonds is 2. The van der Waals surface area contributed by atoms with E-state index < -0.39 is 0 Å². The highest BCUT2D eigenvalue weighted by Crippen LogP contribution is 2.48. The molecule has 0 saturated heterocycles. The summed E-state index contributed by atoms with van der Waals surface area (Å²) >= 11 is 0. The maximum Gasteiger partial charge on any atom is 0.237 e. The Balaban J connectivity index is 1.38. The van der Waals surface area contributed by atoms with Crippen LogP contribution < -0.4 is 0 Å². The molecule has 0 aliphatic rings. The first-order valence-electron chi connectivity index (χ1n) is 15.9. The van der Waals surface area contributed by atoms with E-state index in [1.54, 1.807) is 6.20 Å². The van der Waals surface area contributed by atoms with Gasteiger partial charge in [0.2, 0.25) is 5.95 Å². The topological polar surface area (TPSA) is 52.4 Å². The average Bonchev–Trinajstić information content (AvgIpc) is 3.79. The maximum atomic E-state index is 7.63. The van der Waals surface area contributed by atoms with Crippen molar-refractivity contribution in [3.63, 3.8) is 0 Å². The quantitative estimate of drug-likeness (QED) is 0.183. The van der Waals surface area contributed by atoms with Crippen molar-refractivity contribution in [3.05, 3.63) is 145 Å². The molecule has 5 heterocycles. The van der Waals surface area contributed by atoms with Crippen molar-refractivity contribution in [2.75, 3.05) is 0 Å². The van der Waals surface area contributed by atoms with Gasteiger partial charge in [-0.15, -0.1) is 0 Å². The van der Waals surface area contributed by atoms with Gasteiger partial charge in [0.15, 0.2) is 11.3 Å². The summed E-state index contributed by atoms with van der Waals surface area (Å²) in [5.41, 5.74) is 8.47. The fourth-order valence-electron chi connectivity index (χ4n) is 7.98. The van der Waals surface area contributed by atoms with Crippen LogP contribution in [0.25, 0.3) is 104 Å². The summed E-state index contributed by atoms with van der Waals surface area (Å²) in [5.74, 6) is 0.544. The molecule has 0 N–H and O–H groups in total. The number of hydrogen-bond acceptors (Lipinski definition) is 3. The number of para-hydroxylation sites is 2. The second-order valence-corrected chi connectivity index (χ2v) is 12.3. The number of benzene rings is 6. The summed E-state index contributed by atoms with van der Waals surface area (Å²) in [4.78, 5) is 18.8. The molecule has 0 atom stereocenters. The molecule has 0 unspecified atom stereocenters. The van der Waals surface area contributed by atoms with E-state index >= 15 is 0 Å². The van der Waals surface area contributed by atoms with Crippen LogP contribution in [-0.4, -0.2) is 23.9 Å². The fraction of sp³-hybridized carbons (Fsp3) is 0. The zero-order valence-electron chi connectivity index (χ0n) is 25.4. The van der Waals surface area contributed by atoms with Gasteiger partial charge < -0.3 is 4.40 Å². The van der Waals surface area contributed by atoms with Crippen molar-refractivity contribution in [2.45, 2.75) is 0 Å². The predicted octanol–water partition coefficient (Wildman–Crippen LogP) is 10.6. The van der Waals surface area contributed by atoms with Gasteiger partial charge in [-0.2, -0.15) is 4.98 Å². The third-order valence-corrected chi connectivity index (χ3v) is 9.90. The molecule has 5 aromatic heterocycles. The van der Waals surface area contributed by atoms with Gasteiger partial charge in [0.1, 0.15) is 0 Å². The highest BCUT2D eigenvalue weighted by Gasteiger charge is 2.26. The Hall–Kier alpha value is -6.84. The molecule has 0 aliphatic heterocycles. The second kappa shape index (κ2) is 9.12. The smallest absolute Gasteiger partial charge is 0.237 e. The summed E-state index contributed by atoms with van der Waals surface area (Å²) < 4.78 is 4.65. The van der Waals surface area contributed by atoms with E-state index in [1.807, 2.05) is 36.4 Å². The molecule has 0 aliphatic carbocycles. The van der Waals surface area contributed by atoms with E-state index in [4.69, 9.17) is 21.5 Å². The molecule has 220 valence electrons. The summed E-state index contributed by atoms with van der Waals surface area (Å²) in [6, 6.07) is 44.3. The molecule has 6 nitrogen and oxygen atoms in total. The van der Waals surface area contributed by atoms with Gasteiger partial charge >= 0.3 is 0 Å². The summed E-state index contributed by atoms with van der Waals surface area (Å²) in [6.07, 6.45) is 1.77. The van der Waals surface area contributed by atoms with Gasteiger partial charge in [0.25, 0.3) is 0 Å². The lowest BCUT2D eigenvalue weighted by Crippen LogP contribution is -2.04. The predicted molar refractivity (Wildman–Crippen MR) is 196 cm³/mol. The first-order valence-corrected chi connectivity index (χ1v) is 15.9. The summed E-state index contributed by atoms with van der Waals surface area (Å²) in [7, 11) is 0. The van der Waals surface area contributed by atoms with Crippen molar-refractivity contribution in [1.29, 1.82) is 0 Å². The lowest BCUT2D eigenvalue weighted by molar-refractivity contribution is 1.01. The van der Waals surface area contributed by atoms with Crippen molar-refractivity contribution < 1.29 is 0 Å². The third-order valence-electron chi connectivity index (χ3n) is 9.90. The van der Waals surface area contributed by atoms with E-state index in [-0.39, 0.29) is 0 Å². The maximum absolute atomic E-state index is 7.63. The minimum Gasteiger partial charge on any atom is -0.308 e. The van der Waals surface area contributed by atoms with Crippen LogP contribution in [0.2, 0.25) is 0 Å². The van der Waals surface area contributed by atoms with Crippen LogP contribution in [-0.2, 0) is 0 Å². The number of pyridine rings is 1. The molecular weight excluding hydrogens is 589 g/mol. The summed E-state index contributed by atoms with van der Waals surface area (Å²) in [5, 5.41) is 10.5. The van der Waals surface area contributed by atoms with Gasteiger partial charge in [-0.1, -0.05) is 84.9 Å². The Kier molecular flexibility index (Phi) is 4.82. The van der Waals surface area contributed by atoms with Gasteiger partial charge in [-0.25, -0.2) is 14.8 Å². The Bertz CT molecular complexity index is 3200. The molecule has 0 radical (unpaired) electrons. The van der Waals surface area contributed by atoms with Crippen LogP contribution >= 0.6 is 0 Å². The van der Waals surface area contributed by atoms with Gasteiger partial charge in [-0.05, 0) is 58.8 Å². The number of fused-ring (bicyclic) bond motifs is 13. The lowest BCUT2D eigenvalue weighted by Gasteiger charge is -2.11. The van der Waals surface area contributed by atoms with Crippen LogP contribution in [0.15, 0.2) is 134 Å². The van der Waals surface area contributed by atoms with E-state index in [9.17, 15) is 0 Å². The molecule has 11 rings (SSSR count). The highest BCUT2D eigenvalue weighted by molar-refractivity contribution is 6.38. The minimum atomic E-state index is 0.544. The Morgan fingerprint density at radius 1 is 0.542 bits per heavy atom. The zero-order valence-corrected chi connectivity index (χ0v) is 25.4. The Labute approximate surface area is 272 Å². The van der Waals surface area contributed by atoms with E-state index in [0.29, 0.717) is 17.3 Å². The lowest BCUT2D eigenvalue weighted by atomic mass is 9.98. The minimum absolute atomic E-state index is 0.544. The normalized spacial score (nSPS) is 12.1. The molecule has 11 aromatic rings. The highest BCUT2D eigenvalue weighted by atomic mass is 15.2. The molecule has 6 heteroatoms. The van der Waals surface area contributed by atoms with Gasteiger partial charge in [0.05, 0.1) is 39.8 Å². The van der Waals surface area contributed by atoms with Crippen LogP contribution in [0.1, 0.15) is 0 Å². The van der Waals surface area contributed by atoms with Crippen LogP contribution in [0, 0.1) is 6.57 Å². The summed E-state index contributed by atoms with van der Waals surface area (Å²) in [6.45, 7) is 7.63. The van der Waals surface area contributed by atoms with Crippen molar-refractivity contribution >= 4 is 87.4 Å². The molecule has 0 bridgehead atoms. The van der Waals surface area contributed by atoms with Crippen molar-refractivity contribution in [3.8, 4) is 17.2 Å². The monoisotopic (exact) mass is 610 g/mol. The standard InChI is InChI=1S/C42H22N6/c1-43-26-12-8-11-25(22-26)39-30-16-9-21-44-41(30)46-42(45-39)48-33-18-7-5-15-29(33)37-35(48)23-31-28-14-4-6-17-32(28)47-34-20-19-24-10-2-3-13-27(24)36(34)38(37)40(31)47/h2-23H. The average molecular weight is 611 g/mol. The van der Waals surface area contributed by atoms with Crippen molar-refractivity contribution in [2.24, 2.45) is 0 Å². The molecule has 0 fully saturated rings. The van der Waals surface area contributed by atoms with Crippen LogP contribution in [0.3, 0.4) is 0 Å². The van der Waals surface area contributed by atoms with E-state index in [2.05, 4.69) is 105 Å². The fourth-order valence-corrected chi connectivity index (χ4v) is 7.98. The first kappa shape index (κ1) is 25.4. The molecular formula is C42H22N6. The number of nitrogens with zero attached hydrogens (tertiary/aromatic N) is 6. The molecule has 0 spiro atoms. The van der Waals surface area contributed by atoms with E-state index in [1.165, 1.54) is 54.3 Å². The largest absolute Gasteiger partial charge is 0.308 e. The van der Waals surface area contributed by atoms with Crippen LogP contribution in [0.5, 0.6) is 0 Å². The second-order valence-electron chi connectivity index (χ2n) is 12.3.